The molecule has 10 heteroatoms. The fourth-order valence-corrected chi connectivity index (χ4v) is 6.69. The molecule has 0 saturated heterocycles. The lowest BCUT2D eigenvalue weighted by Gasteiger charge is -2.18. The average molecular weight is 637 g/mol. The van der Waals surface area contributed by atoms with E-state index in [0.717, 1.165) is 43.2 Å². The minimum atomic E-state index is -4.39. The zero-order valence-electron chi connectivity index (χ0n) is 21.3. The number of thiazole rings is 1. The second-order valence-electron chi connectivity index (χ2n) is 8.61. The van der Waals surface area contributed by atoms with E-state index in [2.05, 4.69) is 15.9 Å². The van der Waals surface area contributed by atoms with E-state index in [1.165, 1.54) is 23.5 Å². The number of ether oxygens (including phenoxy) is 2. The van der Waals surface area contributed by atoms with Gasteiger partial charge < -0.3 is 9.47 Å². The van der Waals surface area contributed by atoms with Crippen LogP contribution in [0.1, 0.15) is 39.4 Å². The Labute approximate surface area is 241 Å². The zero-order valence-corrected chi connectivity index (χ0v) is 24.6. The molecule has 0 saturated carbocycles. The molecule has 1 heterocycles. The summed E-state index contributed by atoms with van der Waals surface area (Å²) < 4.78 is 50.6. The second-order valence-corrected chi connectivity index (χ2v) is 11.7. The Hall–Kier alpha value is -2.82. The first kappa shape index (κ1) is 29.2. The first-order valence-corrected chi connectivity index (χ1v) is 14.5. The van der Waals surface area contributed by atoms with Gasteiger partial charge in [0.15, 0.2) is 6.61 Å². The van der Waals surface area contributed by atoms with Crippen LogP contribution >= 0.6 is 39.0 Å². The van der Waals surface area contributed by atoms with E-state index in [-0.39, 0.29) is 11.9 Å². The van der Waals surface area contributed by atoms with E-state index in [9.17, 15) is 18.0 Å². The lowest BCUT2D eigenvalue weighted by atomic mass is 10.1. The molecule has 4 aromatic rings. The zero-order chi connectivity index (χ0) is 28.2. The highest BCUT2D eigenvalue weighted by Crippen LogP contribution is 2.46. The molecule has 3 aromatic carbocycles. The van der Waals surface area contributed by atoms with Crippen LogP contribution in [0.4, 0.5) is 13.2 Å². The minimum Gasteiger partial charge on any atom is -0.482 e. The number of aromatic nitrogens is 1. The van der Waals surface area contributed by atoms with Crippen molar-refractivity contribution in [3.8, 4) is 16.3 Å². The molecule has 1 atom stereocenters. The summed E-state index contributed by atoms with van der Waals surface area (Å²) in [6.45, 7) is 5.72. The van der Waals surface area contributed by atoms with Crippen LogP contribution in [-0.4, -0.2) is 24.2 Å². The quantitative estimate of drug-likeness (QED) is 0.136. The molecule has 0 spiro atoms. The smallest absolute Gasteiger partial charge is 0.416 e. The molecule has 1 unspecified atom stereocenters. The molecular weight excluding hydrogens is 611 g/mol. The van der Waals surface area contributed by atoms with Crippen LogP contribution < -0.4 is 4.74 Å². The number of hydrogen-bond donors (Lipinski definition) is 0. The molecule has 0 fully saturated rings. The van der Waals surface area contributed by atoms with Gasteiger partial charge in [-0.2, -0.15) is 13.2 Å². The Bertz CT molecular complexity index is 1440. The molecule has 0 aliphatic carbocycles. The van der Waals surface area contributed by atoms with Crippen molar-refractivity contribution in [2.45, 2.75) is 37.1 Å². The maximum absolute atomic E-state index is 13.0. The van der Waals surface area contributed by atoms with Crippen molar-refractivity contribution in [3.63, 3.8) is 0 Å². The Morgan fingerprint density at radius 3 is 2.36 bits per heavy atom. The van der Waals surface area contributed by atoms with Crippen LogP contribution in [0.15, 0.2) is 76.1 Å². The predicted octanol–water partition coefficient (Wildman–Crippen LogP) is 9.03. The van der Waals surface area contributed by atoms with E-state index in [1.807, 2.05) is 56.3 Å². The first-order chi connectivity index (χ1) is 18.5. The van der Waals surface area contributed by atoms with Gasteiger partial charge in [0, 0.05) is 19.8 Å². The third kappa shape index (κ3) is 7.43. The Morgan fingerprint density at radius 2 is 1.74 bits per heavy atom. The summed E-state index contributed by atoms with van der Waals surface area (Å²) in [6.07, 6.45) is -4.39. The molecule has 0 aliphatic heterocycles. The van der Waals surface area contributed by atoms with Crippen molar-refractivity contribution in [1.29, 1.82) is 0 Å². The number of aryl methyl sites for hydroxylation is 2. The number of esters is 1. The topological polar surface area (TPSA) is 48.4 Å². The molecule has 4 rings (SSSR count). The number of benzene rings is 3. The van der Waals surface area contributed by atoms with Gasteiger partial charge in [-0.1, -0.05) is 40.2 Å². The van der Waals surface area contributed by atoms with Gasteiger partial charge in [0.2, 0.25) is 0 Å². The van der Waals surface area contributed by atoms with Crippen LogP contribution in [0.3, 0.4) is 0 Å². The lowest BCUT2D eigenvalue weighted by Crippen LogP contribution is -2.14. The summed E-state index contributed by atoms with van der Waals surface area (Å²) in [5.74, 6) is 0.182. The Kier molecular flexibility index (Phi) is 9.40. The fraction of sp³-hybridized carbons (Fsp3) is 0.241. The SMILES string of the molecule is CCOC(=O)COc1ccc(SC(c2ccc(Br)cc2)c2sc(-c3ccc(C(F)(F)F)cc3)nc2C)cc1C. The van der Waals surface area contributed by atoms with Crippen molar-refractivity contribution in [2.75, 3.05) is 13.2 Å². The number of halogens is 4. The standard InChI is InChI=1S/C29H25BrF3NO3S2/c1-4-36-25(35)16-37-24-14-13-23(15-17(24)2)38-27(19-7-11-22(30)12-8-19)26-18(3)34-28(39-26)20-5-9-21(10-6-20)29(31,32)33/h5-15,27H,4,16H2,1-3H3. The van der Waals surface area contributed by atoms with Gasteiger partial charge in [-0.15, -0.1) is 23.1 Å². The molecule has 0 aliphatic rings. The minimum absolute atomic E-state index is 0.107. The first-order valence-electron chi connectivity index (χ1n) is 12.0. The van der Waals surface area contributed by atoms with Gasteiger partial charge in [0.05, 0.1) is 23.1 Å². The monoisotopic (exact) mass is 635 g/mol. The summed E-state index contributed by atoms with van der Waals surface area (Å²) in [6, 6.07) is 18.9. The highest BCUT2D eigenvalue weighted by atomic mass is 79.9. The molecule has 0 N–H and O–H groups in total. The molecule has 0 radical (unpaired) electrons. The predicted molar refractivity (Wildman–Crippen MR) is 152 cm³/mol. The third-order valence-electron chi connectivity index (χ3n) is 5.75. The van der Waals surface area contributed by atoms with Crippen LogP contribution in [0.5, 0.6) is 5.75 Å². The van der Waals surface area contributed by atoms with Gasteiger partial charge >= 0.3 is 12.1 Å². The number of rotatable bonds is 9. The van der Waals surface area contributed by atoms with Crippen molar-refractivity contribution in [2.24, 2.45) is 0 Å². The summed E-state index contributed by atoms with van der Waals surface area (Å²) in [5.41, 5.74) is 2.72. The molecule has 1 aromatic heterocycles. The highest BCUT2D eigenvalue weighted by Gasteiger charge is 2.30. The number of carbonyl (C=O) groups is 1. The van der Waals surface area contributed by atoms with E-state index >= 15 is 0 Å². The van der Waals surface area contributed by atoms with Gasteiger partial charge in [-0.3, -0.25) is 0 Å². The van der Waals surface area contributed by atoms with Gasteiger partial charge in [0.25, 0.3) is 0 Å². The van der Waals surface area contributed by atoms with Gasteiger partial charge in [-0.05, 0) is 74.4 Å². The Morgan fingerprint density at radius 1 is 1.05 bits per heavy atom. The van der Waals surface area contributed by atoms with Crippen molar-refractivity contribution in [3.05, 3.63) is 98.5 Å². The second kappa shape index (κ2) is 12.6. The Balaban J connectivity index is 1.63. The van der Waals surface area contributed by atoms with Crippen LogP contribution in [0.2, 0.25) is 0 Å². The van der Waals surface area contributed by atoms with Crippen LogP contribution in [0.25, 0.3) is 10.6 Å². The van der Waals surface area contributed by atoms with Gasteiger partial charge in [-0.25, -0.2) is 9.78 Å². The number of hydrogen-bond acceptors (Lipinski definition) is 6. The number of nitrogens with zero attached hydrogens (tertiary/aromatic N) is 1. The highest BCUT2D eigenvalue weighted by molar-refractivity contribution is 9.10. The van der Waals surface area contributed by atoms with Gasteiger partial charge in [0.1, 0.15) is 10.8 Å². The van der Waals surface area contributed by atoms with E-state index in [1.54, 1.807) is 18.7 Å². The number of carbonyl (C=O) groups excluding carboxylic acids is 1. The average Bonchev–Trinajstić information content (AvgIpc) is 3.28. The normalized spacial score (nSPS) is 12.3. The van der Waals surface area contributed by atoms with E-state index in [0.29, 0.717) is 22.9 Å². The summed E-state index contributed by atoms with van der Waals surface area (Å²) in [7, 11) is 0. The molecule has 204 valence electrons. The maximum atomic E-state index is 13.0. The molecule has 39 heavy (non-hydrogen) atoms. The van der Waals surface area contributed by atoms with Crippen LogP contribution in [-0.2, 0) is 15.7 Å². The number of thioether (sulfide) groups is 1. The lowest BCUT2D eigenvalue weighted by molar-refractivity contribution is -0.145. The molecule has 0 amide bonds. The number of alkyl halides is 3. The van der Waals surface area contributed by atoms with Crippen molar-refractivity contribution < 1.29 is 27.4 Å². The summed E-state index contributed by atoms with van der Waals surface area (Å²) in [4.78, 5) is 18.4. The summed E-state index contributed by atoms with van der Waals surface area (Å²) in [5, 5.41) is 0.558. The van der Waals surface area contributed by atoms with Crippen LogP contribution in [0, 0.1) is 13.8 Å². The van der Waals surface area contributed by atoms with Crippen molar-refractivity contribution >= 4 is 45.0 Å². The molecular formula is C29H25BrF3NO3S2. The molecule has 0 bridgehead atoms. The molecule has 4 nitrogen and oxygen atoms in total. The van der Waals surface area contributed by atoms with Crippen molar-refractivity contribution in [1.82, 2.24) is 4.98 Å². The largest absolute Gasteiger partial charge is 0.482 e. The van der Waals surface area contributed by atoms with E-state index in [4.69, 9.17) is 14.5 Å². The summed E-state index contributed by atoms with van der Waals surface area (Å²) >= 11 is 6.61. The third-order valence-corrected chi connectivity index (χ3v) is 8.97. The van der Waals surface area contributed by atoms with E-state index < -0.39 is 17.7 Å². The maximum Gasteiger partial charge on any atom is 0.416 e. The fourth-order valence-electron chi connectivity index (χ4n) is 3.82.